The second-order valence-electron chi connectivity index (χ2n) is 7.44. The molecule has 1 heterocycles. The van der Waals surface area contributed by atoms with Crippen molar-refractivity contribution in [2.75, 3.05) is 20.8 Å². The van der Waals surface area contributed by atoms with Crippen LogP contribution in [-0.4, -0.2) is 49.4 Å². The maximum Gasteiger partial charge on any atom is 0.343 e. The SMILES string of the molecule is CC=CC1=CC2=CC(=O)C(C)(OC(=O)c3c(C)cc(OC)cc3OC)C(O)C2CO1. The van der Waals surface area contributed by atoms with E-state index in [9.17, 15) is 14.7 Å². The van der Waals surface area contributed by atoms with Crippen molar-refractivity contribution in [2.24, 2.45) is 5.92 Å². The van der Waals surface area contributed by atoms with Gasteiger partial charge in [-0.05, 0) is 56.2 Å². The maximum atomic E-state index is 13.0. The topological polar surface area (TPSA) is 91.3 Å². The number of fused-ring (bicyclic) bond motifs is 1. The molecule has 0 fully saturated rings. The van der Waals surface area contributed by atoms with Gasteiger partial charge in [0.05, 0.1) is 20.8 Å². The molecule has 2 aliphatic rings. The zero-order valence-corrected chi connectivity index (χ0v) is 17.7. The molecule has 1 aromatic carbocycles. The average Bonchev–Trinajstić information content (AvgIpc) is 2.71. The van der Waals surface area contributed by atoms with Crippen LogP contribution >= 0.6 is 0 Å². The summed E-state index contributed by atoms with van der Waals surface area (Å²) in [5, 5.41) is 11.0. The van der Waals surface area contributed by atoms with Gasteiger partial charge in [0.2, 0.25) is 5.78 Å². The molecule has 0 saturated carbocycles. The van der Waals surface area contributed by atoms with Crippen LogP contribution in [-0.2, 0) is 14.3 Å². The molecular weight excluding hydrogens is 388 g/mol. The lowest BCUT2D eigenvalue weighted by atomic mass is 9.74. The summed E-state index contributed by atoms with van der Waals surface area (Å²) in [4.78, 5) is 25.9. The van der Waals surface area contributed by atoms with Crippen molar-refractivity contribution in [3.05, 3.63) is 58.9 Å². The molecule has 1 aliphatic carbocycles. The molecule has 0 amide bonds. The van der Waals surface area contributed by atoms with E-state index < -0.39 is 29.4 Å². The van der Waals surface area contributed by atoms with Crippen LogP contribution < -0.4 is 9.47 Å². The van der Waals surface area contributed by atoms with Crippen molar-refractivity contribution in [1.29, 1.82) is 0 Å². The summed E-state index contributed by atoms with van der Waals surface area (Å²) in [6.07, 6.45) is 5.47. The Morgan fingerprint density at radius 1 is 1.27 bits per heavy atom. The van der Waals surface area contributed by atoms with E-state index in [1.807, 2.05) is 13.0 Å². The largest absolute Gasteiger partial charge is 0.497 e. The van der Waals surface area contributed by atoms with Gasteiger partial charge in [-0.2, -0.15) is 0 Å². The molecule has 1 aromatic rings. The van der Waals surface area contributed by atoms with Crippen molar-refractivity contribution in [1.82, 2.24) is 0 Å². The highest BCUT2D eigenvalue weighted by molar-refractivity contribution is 6.03. The summed E-state index contributed by atoms with van der Waals surface area (Å²) in [6, 6.07) is 3.23. The van der Waals surface area contributed by atoms with Gasteiger partial charge in [0.25, 0.3) is 0 Å². The maximum absolute atomic E-state index is 13.0. The third-order valence-electron chi connectivity index (χ3n) is 5.47. The van der Waals surface area contributed by atoms with Crippen LogP contribution in [0.5, 0.6) is 11.5 Å². The molecule has 3 rings (SSSR count). The molecule has 0 bridgehead atoms. The summed E-state index contributed by atoms with van der Waals surface area (Å²) < 4.78 is 21.8. The van der Waals surface area contributed by atoms with Gasteiger partial charge >= 0.3 is 5.97 Å². The highest BCUT2D eigenvalue weighted by Gasteiger charge is 2.52. The van der Waals surface area contributed by atoms with Crippen molar-refractivity contribution < 1.29 is 33.6 Å². The summed E-state index contributed by atoms with van der Waals surface area (Å²) >= 11 is 0. The fraction of sp³-hybridized carbons (Fsp3) is 0.391. The molecule has 3 unspecified atom stereocenters. The number of benzene rings is 1. The average molecular weight is 414 g/mol. The first-order valence-corrected chi connectivity index (χ1v) is 9.62. The number of aliphatic hydroxyl groups excluding tert-OH is 1. The van der Waals surface area contributed by atoms with Gasteiger partial charge < -0.3 is 24.1 Å². The molecule has 7 heteroatoms. The van der Waals surface area contributed by atoms with E-state index in [2.05, 4.69) is 0 Å². The molecule has 0 aromatic heterocycles. The molecule has 0 radical (unpaired) electrons. The molecule has 7 nitrogen and oxygen atoms in total. The van der Waals surface area contributed by atoms with Crippen LogP contribution in [0.3, 0.4) is 0 Å². The highest BCUT2D eigenvalue weighted by atomic mass is 16.6. The van der Waals surface area contributed by atoms with E-state index in [1.54, 1.807) is 31.2 Å². The van der Waals surface area contributed by atoms with Gasteiger partial charge in [-0.15, -0.1) is 0 Å². The number of methoxy groups -OCH3 is 2. The smallest absolute Gasteiger partial charge is 0.343 e. The minimum atomic E-state index is -1.75. The molecule has 1 aliphatic heterocycles. The number of hydrogen-bond donors (Lipinski definition) is 1. The predicted octanol–water partition coefficient (Wildman–Crippen LogP) is 2.90. The van der Waals surface area contributed by atoms with Crippen LogP contribution in [0.4, 0.5) is 0 Å². The van der Waals surface area contributed by atoms with Gasteiger partial charge in [0.15, 0.2) is 5.60 Å². The van der Waals surface area contributed by atoms with E-state index in [-0.39, 0.29) is 17.9 Å². The summed E-state index contributed by atoms with van der Waals surface area (Å²) in [6.45, 7) is 5.16. The molecule has 1 N–H and O–H groups in total. The van der Waals surface area contributed by atoms with Crippen molar-refractivity contribution in [3.63, 3.8) is 0 Å². The van der Waals surface area contributed by atoms with Gasteiger partial charge in [0, 0.05) is 12.0 Å². The van der Waals surface area contributed by atoms with Crippen LogP contribution in [0.1, 0.15) is 29.8 Å². The Kier molecular flexibility index (Phi) is 6.03. The van der Waals surface area contributed by atoms with E-state index in [4.69, 9.17) is 18.9 Å². The Labute approximate surface area is 175 Å². The number of rotatable bonds is 5. The van der Waals surface area contributed by atoms with Crippen LogP contribution in [0.2, 0.25) is 0 Å². The number of aryl methyl sites for hydroxylation is 1. The first-order valence-electron chi connectivity index (χ1n) is 9.62. The van der Waals surface area contributed by atoms with E-state index in [0.29, 0.717) is 22.6 Å². The summed E-state index contributed by atoms with van der Waals surface area (Å²) in [7, 11) is 2.94. The van der Waals surface area contributed by atoms with Gasteiger partial charge in [-0.1, -0.05) is 6.08 Å². The first-order chi connectivity index (χ1) is 14.2. The van der Waals surface area contributed by atoms with Crippen molar-refractivity contribution >= 4 is 11.8 Å². The van der Waals surface area contributed by atoms with E-state index >= 15 is 0 Å². The molecule has 160 valence electrons. The van der Waals surface area contributed by atoms with Gasteiger partial charge in [-0.3, -0.25) is 4.79 Å². The van der Waals surface area contributed by atoms with Gasteiger partial charge in [-0.25, -0.2) is 4.79 Å². The zero-order chi connectivity index (χ0) is 22.1. The number of hydrogen-bond acceptors (Lipinski definition) is 7. The Hall–Kier alpha value is -3.06. The van der Waals surface area contributed by atoms with Crippen LogP contribution in [0, 0.1) is 12.8 Å². The lowest BCUT2D eigenvalue weighted by Gasteiger charge is -2.41. The Bertz CT molecular complexity index is 957. The van der Waals surface area contributed by atoms with Crippen molar-refractivity contribution in [3.8, 4) is 11.5 Å². The number of ketones is 1. The minimum Gasteiger partial charge on any atom is -0.497 e. The quantitative estimate of drug-likeness (QED) is 0.741. The monoisotopic (exact) mass is 414 g/mol. The van der Waals surface area contributed by atoms with Gasteiger partial charge in [0.1, 0.15) is 28.9 Å². The number of carbonyl (C=O) groups is 2. The molecule has 30 heavy (non-hydrogen) atoms. The molecule has 0 spiro atoms. The molecule has 0 saturated heterocycles. The second-order valence-corrected chi connectivity index (χ2v) is 7.44. The lowest BCUT2D eigenvalue weighted by molar-refractivity contribution is -0.152. The molecule has 3 atom stereocenters. The third kappa shape index (κ3) is 3.73. The normalized spacial score (nSPS) is 25.7. The molecular formula is C23H26O7. The van der Waals surface area contributed by atoms with Crippen molar-refractivity contribution in [2.45, 2.75) is 32.5 Å². The summed E-state index contributed by atoms with van der Waals surface area (Å²) in [5.74, 6) is -0.350. The number of esters is 1. The van der Waals surface area contributed by atoms with E-state index in [1.165, 1.54) is 27.2 Å². The standard InChI is InChI=1S/C23H26O7/c1-6-7-15-9-14-10-19(24)23(3,21(25)17(14)12-29-15)30-22(26)20-13(2)8-16(27-4)11-18(20)28-5/h6-11,17,21,25H,12H2,1-5H3. The fourth-order valence-corrected chi connectivity index (χ4v) is 3.72. The number of carbonyl (C=O) groups excluding carboxylic acids is 2. The Balaban J connectivity index is 1.94. The highest BCUT2D eigenvalue weighted by Crippen LogP contribution is 2.38. The Morgan fingerprint density at radius 3 is 2.63 bits per heavy atom. The van der Waals surface area contributed by atoms with E-state index in [0.717, 1.165) is 0 Å². The number of aliphatic hydroxyl groups is 1. The fourth-order valence-electron chi connectivity index (χ4n) is 3.72. The summed E-state index contributed by atoms with van der Waals surface area (Å²) in [5.41, 5.74) is -0.366. The number of ether oxygens (including phenoxy) is 4. The van der Waals surface area contributed by atoms with Crippen LogP contribution in [0.15, 0.2) is 47.8 Å². The third-order valence-corrected chi connectivity index (χ3v) is 5.47. The Morgan fingerprint density at radius 2 is 2.00 bits per heavy atom. The lowest BCUT2D eigenvalue weighted by Crippen LogP contribution is -2.57. The first kappa shape index (κ1) is 21.6. The van der Waals surface area contributed by atoms with Crippen LogP contribution in [0.25, 0.3) is 0 Å². The zero-order valence-electron chi connectivity index (χ0n) is 17.7. The number of allylic oxidation sites excluding steroid dienone is 3. The second kappa shape index (κ2) is 8.36. The predicted molar refractivity (Wildman–Crippen MR) is 110 cm³/mol. The minimum absolute atomic E-state index is 0.171.